The molecule has 1 N–H and O–H groups in total. The van der Waals surface area contributed by atoms with Crippen LogP contribution in [0.3, 0.4) is 0 Å². The van der Waals surface area contributed by atoms with Crippen LogP contribution in [0.1, 0.15) is 41.6 Å². The molecule has 0 bridgehead atoms. The van der Waals surface area contributed by atoms with Crippen LogP contribution in [0.25, 0.3) is 0 Å². The SMILES string of the molecule is O=C(NCCn1ccnc1C1CC1)C1c2ccccc2Oc2ccccc21. The summed E-state index contributed by atoms with van der Waals surface area (Å²) in [5, 5.41) is 3.12. The van der Waals surface area contributed by atoms with Gasteiger partial charge in [-0.3, -0.25) is 4.79 Å². The molecule has 0 atom stereocenters. The Morgan fingerprint density at radius 1 is 1.07 bits per heavy atom. The second kappa shape index (κ2) is 6.58. The fourth-order valence-corrected chi connectivity index (χ4v) is 3.81. The average molecular weight is 359 g/mol. The van der Waals surface area contributed by atoms with Crippen molar-refractivity contribution in [3.8, 4) is 11.5 Å². The molecule has 136 valence electrons. The Bertz CT molecular complexity index is 945. The van der Waals surface area contributed by atoms with Crippen molar-refractivity contribution in [1.82, 2.24) is 14.9 Å². The van der Waals surface area contributed by atoms with Gasteiger partial charge < -0.3 is 14.6 Å². The van der Waals surface area contributed by atoms with E-state index >= 15 is 0 Å². The smallest absolute Gasteiger partial charge is 0.232 e. The summed E-state index contributed by atoms with van der Waals surface area (Å²) in [4.78, 5) is 17.6. The van der Waals surface area contributed by atoms with E-state index in [0.717, 1.165) is 35.0 Å². The van der Waals surface area contributed by atoms with Gasteiger partial charge in [0, 0.05) is 42.5 Å². The van der Waals surface area contributed by atoms with E-state index in [4.69, 9.17) is 4.74 Å². The minimum Gasteiger partial charge on any atom is -0.457 e. The Hall–Kier alpha value is -3.08. The van der Waals surface area contributed by atoms with Crippen LogP contribution in [-0.4, -0.2) is 22.0 Å². The van der Waals surface area contributed by atoms with Gasteiger partial charge in [-0.1, -0.05) is 36.4 Å². The zero-order valence-electron chi connectivity index (χ0n) is 15.0. The van der Waals surface area contributed by atoms with Gasteiger partial charge in [-0.15, -0.1) is 0 Å². The van der Waals surface area contributed by atoms with Crippen LogP contribution in [0.4, 0.5) is 0 Å². The lowest BCUT2D eigenvalue weighted by molar-refractivity contribution is -0.121. The predicted octanol–water partition coefficient (Wildman–Crippen LogP) is 3.81. The summed E-state index contributed by atoms with van der Waals surface area (Å²) in [7, 11) is 0. The molecule has 5 rings (SSSR count). The molecule has 1 aliphatic carbocycles. The van der Waals surface area contributed by atoms with Crippen molar-refractivity contribution >= 4 is 5.91 Å². The summed E-state index contributed by atoms with van der Waals surface area (Å²) in [6, 6.07) is 15.5. The molecular weight excluding hydrogens is 338 g/mol. The first-order chi connectivity index (χ1) is 13.3. The molecule has 5 nitrogen and oxygen atoms in total. The van der Waals surface area contributed by atoms with E-state index in [2.05, 4.69) is 14.9 Å². The van der Waals surface area contributed by atoms with E-state index in [1.165, 1.54) is 12.8 Å². The van der Waals surface area contributed by atoms with E-state index in [1.807, 2.05) is 60.9 Å². The van der Waals surface area contributed by atoms with Crippen molar-refractivity contribution in [1.29, 1.82) is 0 Å². The van der Waals surface area contributed by atoms with Crippen molar-refractivity contribution < 1.29 is 9.53 Å². The molecule has 1 aliphatic heterocycles. The third-order valence-corrected chi connectivity index (χ3v) is 5.28. The molecule has 1 saturated carbocycles. The van der Waals surface area contributed by atoms with Crippen LogP contribution in [0.2, 0.25) is 0 Å². The monoisotopic (exact) mass is 359 g/mol. The van der Waals surface area contributed by atoms with Gasteiger partial charge in [-0.2, -0.15) is 0 Å². The number of hydrogen-bond acceptors (Lipinski definition) is 3. The normalized spacial score (nSPS) is 15.6. The number of para-hydroxylation sites is 2. The highest BCUT2D eigenvalue weighted by atomic mass is 16.5. The number of nitrogens with one attached hydrogen (secondary N) is 1. The Kier molecular flexibility index (Phi) is 3.93. The summed E-state index contributed by atoms with van der Waals surface area (Å²) in [6.45, 7) is 1.32. The molecule has 0 unspecified atom stereocenters. The maximum Gasteiger partial charge on any atom is 0.232 e. The fraction of sp³-hybridized carbons (Fsp3) is 0.273. The number of fused-ring (bicyclic) bond motifs is 2. The molecule has 2 aromatic carbocycles. The van der Waals surface area contributed by atoms with Crippen LogP contribution in [0.15, 0.2) is 60.9 Å². The first-order valence-corrected chi connectivity index (χ1v) is 9.45. The number of carbonyl (C=O) groups excluding carboxylic acids is 1. The highest BCUT2D eigenvalue weighted by Gasteiger charge is 2.32. The zero-order chi connectivity index (χ0) is 18.2. The van der Waals surface area contributed by atoms with E-state index < -0.39 is 0 Å². The van der Waals surface area contributed by atoms with Gasteiger partial charge in [0.15, 0.2) is 0 Å². The molecule has 2 heterocycles. The van der Waals surface area contributed by atoms with Crippen molar-refractivity contribution in [2.75, 3.05) is 6.54 Å². The number of nitrogens with zero attached hydrogens (tertiary/aromatic N) is 2. The van der Waals surface area contributed by atoms with Gasteiger partial charge in [0.25, 0.3) is 0 Å². The van der Waals surface area contributed by atoms with Crippen molar-refractivity contribution in [2.45, 2.75) is 31.2 Å². The van der Waals surface area contributed by atoms with Crippen LogP contribution in [0.5, 0.6) is 11.5 Å². The first kappa shape index (κ1) is 16.1. The Labute approximate surface area is 158 Å². The number of imidazole rings is 1. The lowest BCUT2D eigenvalue weighted by Gasteiger charge is -2.27. The molecule has 0 saturated heterocycles. The Morgan fingerprint density at radius 3 is 2.41 bits per heavy atom. The number of amides is 1. The Morgan fingerprint density at radius 2 is 1.74 bits per heavy atom. The fourth-order valence-electron chi connectivity index (χ4n) is 3.81. The standard InChI is InChI=1S/C22H21N3O2/c26-22(24-12-14-25-13-11-23-21(25)15-9-10-15)20-16-5-1-3-7-18(16)27-19-8-4-2-6-17(19)20/h1-8,11,13,15,20H,9-10,12,14H2,(H,24,26). The lowest BCUT2D eigenvalue weighted by Crippen LogP contribution is -2.33. The second-order valence-corrected chi connectivity index (χ2v) is 7.15. The molecule has 5 heteroatoms. The molecule has 1 amide bonds. The van der Waals surface area contributed by atoms with Crippen molar-refractivity contribution in [2.24, 2.45) is 0 Å². The largest absolute Gasteiger partial charge is 0.457 e. The first-order valence-electron chi connectivity index (χ1n) is 9.45. The van der Waals surface area contributed by atoms with Crippen LogP contribution < -0.4 is 10.1 Å². The number of carbonyl (C=O) groups is 1. The van der Waals surface area contributed by atoms with E-state index in [-0.39, 0.29) is 11.8 Å². The van der Waals surface area contributed by atoms with E-state index in [1.54, 1.807) is 0 Å². The summed E-state index contributed by atoms with van der Waals surface area (Å²) in [5.74, 6) is 2.91. The number of rotatable bonds is 5. The number of benzene rings is 2. The molecule has 27 heavy (non-hydrogen) atoms. The van der Waals surface area contributed by atoms with Crippen molar-refractivity contribution in [3.63, 3.8) is 0 Å². The van der Waals surface area contributed by atoms with E-state index in [0.29, 0.717) is 12.5 Å². The number of hydrogen-bond donors (Lipinski definition) is 1. The molecular formula is C22H21N3O2. The highest BCUT2D eigenvalue weighted by Crippen LogP contribution is 2.44. The van der Waals surface area contributed by atoms with Gasteiger partial charge >= 0.3 is 0 Å². The summed E-state index contributed by atoms with van der Waals surface area (Å²) < 4.78 is 8.13. The van der Waals surface area contributed by atoms with Crippen LogP contribution >= 0.6 is 0 Å². The zero-order valence-corrected chi connectivity index (χ0v) is 15.0. The second-order valence-electron chi connectivity index (χ2n) is 7.15. The van der Waals surface area contributed by atoms with E-state index in [9.17, 15) is 4.79 Å². The summed E-state index contributed by atoms with van der Waals surface area (Å²) in [6.07, 6.45) is 6.29. The minimum absolute atomic E-state index is 0.00582. The summed E-state index contributed by atoms with van der Waals surface area (Å²) in [5.41, 5.74) is 1.82. The maximum atomic E-state index is 13.1. The highest BCUT2D eigenvalue weighted by molar-refractivity contribution is 5.89. The van der Waals surface area contributed by atoms with Gasteiger partial charge in [0.1, 0.15) is 17.3 Å². The molecule has 0 spiro atoms. The Balaban J connectivity index is 1.34. The minimum atomic E-state index is -0.350. The predicted molar refractivity (Wildman–Crippen MR) is 102 cm³/mol. The molecule has 3 aromatic rings. The van der Waals surface area contributed by atoms with Crippen molar-refractivity contribution in [3.05, 3.63) is 77.9 Å². The number of aromatic nitrogens is 2. The molecule has 2 aliphatic rings. The van der Waals surface area contributed by atoms with Gasteiger partial charge in [0.2, 0.25) is 5.91 Å². The van der Waals surface area contributed by atoms with Crippen LogP contribution in [0, 0.1) is 0 Å². The van der Waals surface area contributed by atoms with Crippen LogP contribution in [-0.2, 0) is 11.3 Å². The molecule has 1 fully saturated rings. The van der Waals surface area contributed by atoms with Gasteiger partial charge in [0.05, 0.1) is 5.92 Å². The lowest BCUT2D eigenvalue weighted by atomic mass is 9.87. The van der Waals surface area contributed by atoms with Gasteiger partial charge in [-0.05, 0) is 25.0 Å². The third kappa shape index (κ3) is 2.99. The van der Waals surface area contributed by atoms with Gasteiger partial charge in [-0.25, -0.2) is 4.98 Å². The maximum absolute atomic E-state index is 13.1. The molecule has 1 aromatic heterocycles. The molecule has 0 radical (unpaired) electrons. The average Bonchev–Trinajstić information content (AvgIpc) is 3.44. The quantitative estimate of drug-likeness (QED) is 0.754. The summed E-state index contributed by atoms with van der Waals surface area (Å²) >= 11 is 0. The number of ether oxygens (including phenoxy) is 1. The topological polar surface area (TPSA) is 56.2 Å². The third-order valence-electron chi connectivity index (χ3n) is 5.28.